The van der Waals surface area contributed by atoms with Gasteiger partial charge >= 0.3 is 6.61 Å². The van der Waals surface area contributed by atoms with Crippen molar-refractivity contribution in [2.24, 2.45) is 5.41 Å². The number of halogens is 2. The van der Waals surface area contributed by atoms with Gasteiger partial charge in [-0.2, -0.15) is 8.78 Å². The van der Waals surface area contributed by atoms with Crippen molar-refractivity contribution in [2.75, 3.05) is 0 Å². The van der Waals surface area contributed by atoms with Gasteiger partial charge in [0.2, 0.25) is 0 Å². The van der Waals surface area contributed by atoms with Gasteiger partial charge in [-0.15, -0.1) is 0 Å². The highest BCUT2D eigenvalue weighted by Crippen LogP contribution is 2.33. The number of hydrogen-bond acceptors (Lipinski definition) is 2. The summed E-state index contributed by atoms with van der Waals surface area (Å²) in [5.74, 6) is 0.213. The minimum absolute atomic E-state index is 0.213. The predicted octanol–water partition coefficient (Wildman–Crippen LogP) is 4.74. The fourth-order valence-corrected chi connectivity index (χ4v) is 2.92. The van der Waals surface area contributed by atoms with E-state index in [-0.39, 0.29) is 5.75 Å². The molecule has 1 unspecified atom stereocenters. The van der Waals surface area contributed by atoms with Gasteiger partial charge < -0.3 is 10.1 Å². The molecule has 21 heavy (non-hydrogen) atoms. The van der Waals surface area contributed by atoms with Crippen LogP contribution in [-0.4, -0.2) is 12.7 Å². The molecular weight excluding hydrogens is 272 g/mol. The molecule has 118 valence electrons. The summed E-state index contributed by atoms with van der Waals surface area (Å²) in [6.45, 7) is 2.71. The Kier molecular flexibility index (Phi) is 5.57. The Balaban J connectivity index is 1.80. The Labute approximate surface area is 125 Å². The summed E-state index contributed by atoms with van der Waals surface area (Å²) in [4.78, 5) is 0. The van der Waals surface area contributed by atoms with E-state index in [1.807, 2.05) is 12.1 Å². The monoisotopic (exact) mass is 297 g/mol. The number of rotatable bonds is 5. The fraction of sp³-hybridized carbons (Fsp3) is 0.647. The van der Waals surface area contributed by atoms with Crippen molar-refractivity contribution in [2.45, 2.75) is 65.1 Å². The zero-order valence-electron chi connectivity index (χ0n) is 12.9. The molecule has 1 aliphatic carbocycles. The molecule has 1 atom stereocenters. The molecule has 2 rings (SSSR count). The van der Waals surface area contributed by atoms with Crippen molar-refractivity contribution in [1.29, 1.82) is 0 Å². The zero-order chi connectivity index (χ0) is 15.3. The average molecular weight is 297 g/mol. The van der Waals surface area contributed by atoms with Gasteiger partial charge in [0.15, 0.2) is 0 Å². The van der Waals surface area contributed by atoms with E-state index in [0.29, 0.717) is 11.5 Å². The standard InChI is InChI=1S/C17H25F2NO/c1-17(2)10-3-4-14(9-11-17)20-12-13-5-7-15(8-6-13)21-16(18)19/h5-8,14,16,20H,3-4,9-12H2,1-2H3. The van der Waals surface area contributed by atoms with Crippen LogP contribution in [0.5, 0.6) is 5.75 Å². The van der Waals surface area contributed by atoms with Crippen LogP contribution in [0.1, 0.15) is 51.5 Å². The normalized spacial score (nSPS) is 22.0. The summed E-state index contributed by atoms with van der Waals surface area (Å²) in [5.41, 5.74) is 1.56. The van der Waals surface area contributed by atoms with Gasteiger partial charge in [-0.1, -0.05) is 32.4 Å². The molecule has 0 spiro atoms. The van der Waals surface area contributed by atoms with Crippen molar-refractivity contribution < 1.29 is 13.5 Å². The first kappa shape index (κ1) is 16.2. The molecule has 0 saturated heterocycles. The maximum absolute atomic E-state index is 12.1. The molecule has 0 amide bonds. The fourth-order valence-electron chi connectivity index (χ4n) is 2.92. The predicted molar refractivity (Wildman–Crippen MR) is 80.6 cm³/mol. The second-order valence-electron chi connectivity index (χ2n) is 6.70. The summed E-state index contributed by atoms with van der Waals surface area (Å²) in [7, 11) is 0. The zero-order valence-corrected chi connectivity index (χ0v) is 12.9. The van der Waals surface area contributed by atoms with E-state index in [9.17, 15) is 8.78 Å². The van der Waals surface area contributed by atoms with Crippen LogP contribution in [0.25, 0.3) is 0 Å². The number of alkyl halides is 2. The van der Waals surface area contributed by atoms with Crippen molar-refractivity contribution >= 4 is 0 Å². The molecule has 0 aliphatic heterocycles. The minimum atomic E-state index is -2.76. The molecule has 1 N–H and O–H groups in total. The topological polar surface area (TPSA) is 21.3 Å². The summed E-state index contributed by atoms with van der Waals surface area (Å²) in [6.07, 6.45) is 6.25. The van der Waals surface area contributed by atoms with Crippen LogP contribution in [0, 0.1) is 5.41 Å². The molecule has 0 heterocycles. The van der Waals surface area contributed by atoms with Gasteiger partial charge in [0.1, 0.15) is 5.75 Å². The van der Waals surface area contributed by atoms with E-state index in [2.05, 4.69) is 23.9 Å². The van der Waals surface area contributed by atoms with Crippen LogP contribution < -0.4 is 10.1 Å². The van der Waals surface area contributed by atoms with Gasteiger partial charge in [-0.3, -0.25) is 0 Å². The van der Waals surface area contributed by atoms with Gasteiger partial charge in [-0.05, 0) is 48.8 Å². The molecule has 2 nitrogen and oxygen atoms in total. The molecule has 1 fully saturated rings. The van der Waals surface area contributed by atoms with Crippen molar-refractivity contribution in [3.05, 3.63) is 29.8 Å². The van der Waals surface area contributed by atoms with E-state index in [1.165, 1.54) is 32.1 Å². The van der Waals surface area contributed by atoms with Crippen molar-refractivity contribution in [3.63, 3.8) is 0 Å². The Bertz CT molecular complexity index is 431. The Morgan fingerprint density at radius 3 is 2.57 bits per heavy atom. The lowest BCUT2D eigenvalue weighted by Gasteiger charge is -2.22. The molecule has 1 aliphatic rings. The number of benzene rings is 1. The number of hydrogen-bond donors (Lipinski definition) is 1. The largest absolute Gasteiger partial charge is 0.435 e. The smallest absolute Gasteiger partial charge is 0.387 e. The number of nitrogens with one attached hydrogen (secondary N) is 1. The molecule has 4 heteroatoms. The van der Waals surface area contributed by atoms with E-state index in [4.69, 9.17) is 0 Å². The lowest BCUT2D eigenvalue weighted by Crippen LogP contribution is -2.28. The van der Waals surface area contributed by atoms with Gasteiger partial charge in [0.05, 0.1) is 0 Å². The maximum atomic E-state index is 12.1. The van der Waals surface area contributed by atoms with Gasteiger partial charge in [-0.25, -0.2) is 0 Å². The Morgan fingerprint density at radius 2 is 1.90 bits per heavy atom. The van der Waals surface area contributed by atoms with E-state index in [0.717, 1.165) is 12.1 Å². The van der Waals surface area contributed by atoms with Crippen LogP contribution in [0.3, 0.4) is 0 Å². The van der Waals surface area contributed by atoms with Gasteiger partial charge in [0, 0.05) is 12.6 Å². The molecule has 0 radical (unpaired) electrons. The molecule has 1 aromatic carbocycles. The highest BCUT2D eigenvalue weighted by atomic mass is 19.3. The highest BCUT2D eigenvalue weighted by Gasteiger charge is 2.23. The van der Waals surface area contributed by atoms with E-state index >= 15 is 0 Å². The second kappa shape index (κ2) is 7.21. The summed E-state index contributed by atoms with van der Waals surface area (Å²) in [5, 5.41) is 3.59. The lowest BCUT2D eigenvalue weighted by atomic mass is 9.85. The van der Waals surface area contributed by atoms with Gasteiger partial charge in [0.25, 0.3) is 0 Å². The van der Waals surface area contributed by atoms with E-state index in [1.54, 1.807) is 12.1 Å². The first-order chi connectivity index (χ1) is 9.94. The third-order valence-corrected chi connectivity index (χ3v) is 4.32. The lowest BCUT2D eigenvalue weighted by molar-refractivity contribution is -0.0498. The molecule has 1 saturated carbocycles. The van der Waals surface area contributed by atoms with Crippen molar-refractivity contribution in [1.82, 2.24) is 5.32 Å². The highest BCUT2D eigenvalue weighted by molar-refractivity contribution is 5.27. The summed E-state index contributed by atoms with van der Waals surface area (Å²) in [6, 6.07) is 7.43. The third-order valence-electron chi connectivity index (χ3n) is 4.32. The molecule has 1 aromatic rings. The van der Waals surface area contributed by atoms with Crippen molar-refractivity contribution in [3.8, 4) is 5.75 Å². The third kappa shape index (κ3) is 5.62. The van der Waals surface area contributed by atoms with Crippen LogP contribution in [0.15, 0.2) is 24.3 Å². The molecular formula is C17H25F2NO. The Hall–Kier alpha value is -1.16. The molecule has 0 aromatic heterocycles. The molecule has 0 bridgehead atoms. The quantitative estimate of drug-likeness (QED) is 0.793. The SMILES string of the molecule is CC1(C)CCCC(NCc2ccc(OC(F)F)cc2)CC1. The Morgan fingerprint density at radius 1 is 1.19 bits per heavy atom. The minimum Gasteiger partial charge on any atom is -0.435 e. The van der Waals surface area contributed by atoms with Crippen LogP contribution in [0.2, 0.25) is 0 Å². The summed E-state index contributed by atoms with van der Waals surface area (Å²) < 4.78 is 28.5. The maximum Gasteiger partial charge on any atom is 0.387 e. The first-order valence-electron chi connectivity index (χ1n) is 7.72. The van der Waals surface area contributed by atoms with Crippen LogP contribution in [-0.2, 0) is 6.54 Å². The van der Waals surface area contributed by atoms with Crippen LogP contribution in [0.4, 0.5) is 8.78 Å². The number of ether oxygens (including phenoxy) is 1. The summed E-state index contributed by atoms with van der Waals surface area (Å²) >= 11 is 0. The average Bonchev–Trinajstić information content (AvgIpc) is 2.58. The first-order valence-corrected chi connectivity index (χ1v) is 7.72. The van der Waals surface area contributed by atoms with Crippen LogP contribution >= 0.6 is 0 Å². The second-order valence-corrected chi connectivity index (χ2v) is 6.70. The van der Waals surface area contributed by atoms with E-state index < -0.39 is 6.61 Å².